The molecule has 2 heterocycles. The first kappa shape index (κ1) is 25.4. The summed E-state index contributed by atoms with van der Waals surface area (Å²) in [6.07, 6.45) is 1.95. The number of nitrogens with one attached hydrogen (secondary N) is 2. The predicted octanol–water partition coefficient (Wildman–Crippen LogP) is 6.38. The molecule has 1 saturated heterocycles. The Balaban J connectivity index is 0.00000289. The molecule has 5 nitrogen and oxygen atoms in total. The van der Waals surface area contributed by atoms with E-state index >= 15 is 0 Å². The monoisotopic (exact) mass is 510 g/mol. The standard InChI is InChI=1S/C28H31ClN4O.ClH/c1-3-7-26(33-16-14-32(15-17-33)25-11-6-8-19(2)27(25)29)31-28(34)20-12-13-22-21-9-4-5-10-23(21)30-24(22)18-20;/h4-6,8-13,18,26,30H,3,7,14-17H2,1-2H3,(H,31,34);1H. The van der Waals surface area contributed by atoms with Crippen molar-refractivity contribution in [1.29, 1.82) is 0 Å². The van der Waals surface area contributed by atoms with Gasteiger partial charge < -0.3 is 15.2 Å². The summed E-state index contributed by atoms with van der Waals surface area (Å²) in [4.78, 5) is 21.4. The van der Waals surface area contributed by atoms with Crippen LogP contribution in [0.25, 0.3) is 21.8 Å². The molecule has 7 heteroatoms. The summed E-state index contributed by atoms with van der Waals surface area (Å²) < 4.78 is 0. The molecule has 0 radical (unpaired) electrons. The lowest BCUT2D eigenvalue weighted by Gasteiger charge is -2.40. The lowest BCUT2D eigenvalue weighted by atomic mass is 10.1. The zero-order valence-electron chi connectivity index (χ0n) is 20.2. The van der Waals surface area contributed by atoms with Crippen LogP contribution < -0.4 is 10.2 Å². The number of aromatic nitrogens is 1. The Kier molecular flexibility index (Phi) is 7.90. The molecule has 0 aliphatic carbocycles. The molecule has 4 aromatic rings. The highest BCUT2D eigenvalue weighted by Gasteiger charge is 2.26. The zero-order valence-corrected chi connectivity index (χ0v) is 21.8. The highest BCUT2D eigenvalue weighted by atomic mass is 35.5. The summed E-state index contributed by atoms with van der Waals surface area (Å²) in [5.74, 6) is -0.0248. The van der Waals surface area contributed by atoms with E-state index in [0.717, 1.165) is 71.7 Å². The lowest BCUT2D eigenvalue weighted by Crippen LogP contribution is -2.56. The number of para-hydroxylation sites is 1. The summed E-state index contributed by atoms with van der Waals surface area (Å²) >= 11 is 6.56. The van der Waals surface area contributed by atoms with Gasteiger partial charge in [0.25, 0.3) is 5.91 Å². The van der Waals surface area contributed by atoms with Crippen molar-refractivity contribution >= 4 is 57.4 Å². The number of aromatic amines is 1. The van der Waals surface area contributed by atoms with E-state index in [1.54, 1.807) is 0 Å². The summed E-state index contributed by atoms with van der Waals surface area (Å²) in [6, 6.07) is 20.4. The fraction of sp³-hybridized carbons (Fsp3) is 0.321. The smallest absolute Gasteiger partial charge is 0.252 e. The molecule has 0 saturated carbocycles. The number of hydrogen-bond donors (Lipinski definition) is 2. The van der Waals surface area contributed by atoms with Gasteiger partial charge in [-0.15, -0.1) is 12.4 Å². The molecule has 1 aliphatic heterocycles. The van der Waals surface area contributed by atoms with Crippen LogP contribution in [0.4, 0.5) is 5.69 Å². The maximum atomic E-state index is 13.2. The fourth-order valence-electron chi connectivity index (χ4n) is 5.00. The predicted molar refractivity (Wildman–Crippen MR) is 149 cm³/mol. The molecule has 2 N–H and O–H groups in total. The molecule has 1 atom stereocenters. The first-order chi connectivity index (χ1) is 16.5. The van der Waals surface area contributed by atoms with Gasteiger partial charge in [-0.05, 0) is 43.2 Å². The number of piperazine rings is 1. The maximum Gasteiger partial charge on any atom is 0.252 e. The second kappa shape index (κ2) is 10.9. The quantitative estimate of drug-likeness (QED) is 0.316. The van der Waals surface area contributed by atoms with Crippen molar-refractivity contribution in [3.63, 3.8) is 0 Å². The van der Waals surface area contributed by atoms with E-state index in [9.17, 15) is 4.79 Å². The Morgan fingerprint density at radius 2 is 1.74 bits per heavy atom. The summed E-state index contributed by atoms with van der Waals surface area (Å²) in [6.45, 7) is 7.76. The van der Waals surface area contributed by atoms with Crippen molar-refractivity contribution < 1.29 is 4.79 Å². The van der Waals surface area contributed by atoms with Crippen molar-refractivity contribution in [1.82, 2.24) is 15.2 Å². The van der Waals surface area contributed by atoms with E-state index in [1.807, 2.05) is 43.3 Å². The third-order valence-electron chi connectivity index (χ3n) is 6.90. The second-order valence-electron chi connectivity index (χ2n) is 9.14. The molecule has 1 unspecified atom stereocenters. The van der Waals surface area contributed by atoms with Crippen molar-refractivity contribution in [2.45, 2.75) is 32.9 Å². The molecule has 1 fully saturated rings. The molecule has 3 aromatic carbocycles. The molecular weight excluding hydrogens is 479 g/mol. The average Bonchev–Trinajstić information content (AvgIpc) is 3.23. The van der Waals surface area contributed by atoms with Crippen LogP contribution in [-0.2, 0) is 0 Å². The van der Waals surface area contributed by atoms with Gasteiger partial charge in [0.15, 0.2) is 0 Å². The van der Waals surface area contributed by atoms with Crippen LogP contribution in [0.5, 0.6) is 0 Å². The third-order valence-corrected chi connectivity index (χ3v) is 7.39. The average molecular weight is 511 g/mol. The molecule has 184 valence electrons. The number of halogens is 2. The van der Waals surface area contributed by atoms with E-state index in [-0.39, 0.29) is 24.5 Å². The number of benzene rings is 3. The Hall–Kier alpha value is -2.73. The van der Waals surface area contributed by atoms with Crippen LogP contribution in [0, 0.1) is 6.92 Å². The SMILES string of the molecule is CCCC(NC(=O)c1ccc2c(c1)[nH]c1ccccc12)N1CCN(c2cccc(C)c2Cl)CC1.Cl. The van der Waals surface area contributed by atoms with E-state index in [2.05, 4.69) is 51.3 Å². The van der Waals surface area contributed by atoms with Crippen molar-refractivity contribution in [3.05, 3.63) is 76.8 Å². The molecule has 1 amide bonds. The molecule has 1 aliphatic rings. The van der Waals surface area contributed by atoms with Crippen LogP contribution in [0.3, 0.4) is 0 Å². The number of nitrogens with zero attached hydrogens (tertiary/aromatic N) is 2. The highest BCUT2D eigenvalue weighted by molar-refractivity contribution is 6.34. The van der Waals surface area contributed by atoms with E-state index < -0.39 is 0 Å². The fourth-order valence-corrected chi connectivity index (χ4v) is 5.25. The van der Waals surface area contributed by atoms with Crippen molar-refractivity contribution in [3.8, 4) is 0 Å². The van der Waals surface area contributed by atoms with Crippen molar-refractivity contribution in [2.75, 3.05) is 31.1 Å². The van der Waals surface area contributed by atoms with Gasteiger partial charge in [0.1, 0.15) is 0 Å². The number of carbonyl (C=O) groups is 1. The highest BCUT2D eigenvalue weighted by Crippen LogP contribution is 2.30. The first-order valence-corrected chi connectivity index (χ1v) is 12.5. The molecule has 1 aromatic heterocycles. The number of carbonyl (C=O) groups excluding carboxylic acids is 1. The lowest BCUT2D eigenvalue weighted by molar-refractivity contribution is 0.0824. The minimum Gasteiger partial charge on any atom is -0.368 e. The number of hydrogen-bond acceptors (Lipinski definition) is 3. The maximum absolute atomic E-state index is 13.2. The molecule has 0 bridgehead atoms. The molecule has 35 heavy (non-hydrogen) atoms. The first-order valence-electron chi connectivity index (χ1n) is 12.1. The van der Waals surface area contributed by atoms with Gasteiger partial charge in [0, 0.05) is 53.5 Å². The van der Waals surface area contributed by atoms with Crippen LogP contribution in [0.15, 0.2) is 60.7 Å². The van der Waals surface area contributed by atoms with Gasteiger partial charge >= 0.3 is 0 Å². The van der Waals surface area contributed by atoms with Gasteiger partial charge in [-0.25, -0.2) is 0 Å². The van der Waals surface area contributed by atoms with Crippen LogP contribution >= 0.6 is 24.0 Å². The van der Waals surface area contributed by atoms with Gasteiger partial charge in [0.2, 0.25) is 0 Å². The largest absolute Gasteiger partial charge is 0.368 e. The van der Waals surface area contributed by atoms with Crippen LogP contribution in [-0.4, -0.2) is 48.1 Å². The van der Waals surface area contributed by atoms with Crippen LogP contribution in [0.1, 0.15) is 35.7 Å². The normalized spacial score (nSPS) is 15.2. The summed E-state index contributed by atoms with van der Waals surface area (Å²) in [5.41, 5.74) is 4.97. The summed E-state index contributed by atoms with van der Waals surface area (Å²) in [5, 5.41) is 6.46. The zero-order chi connectivity index (χ0) is 23.7. The summed E-state index contributed by atoms with van der Waals surface area (Å²) in [7, 11) is 0. The van der Waals surface area contributed by atoms with Gasteiger partial charge in [-0.2, -0.15) is 0 Å². The topological polar surface area (TPSA) is 51.4 Å². The Morgan fingerprint density at radius 3 is 2.51 bits per heavy atom. The van der Waals surface area contributed by atoms with Gasteiger partial charge in [-0.1, -0.05) is 61.3 Å². The number of aryl methyl sites for hydroxylation is 1. The minimum atomic E-state index is -0.0248. The third kappa shape index (κ3) is 5.13. The Bertz CT molecular complexity index is 1330. The van der Waals surface area contributed by atoms with Gasteiger partial charge in [-0.3, -0.25) is 9.69 Å². The molecule has 5 rings (SSSR count). The van der Waals surface area contributed by atoms with Gasteiger partial charge in [0.05, 0.1) is 16.9 Å². The minimum absolute atomic E-state index is 0. The molecule has 0 spiro atoms. The second-order valence-corrected chi connectivity index (χ2v) is 9.52. The number of amides is 1. The van der Waals surface area contributed by atoms with E-state index in [0.29, 0.717) is 5.56 Å². The molecular formula is C28H32Cl2N4O. The Labute approximate surface area is 217 Å². The van der Waals surface area contributed by atoms with Crippen molar-refractivity contribution in [2.24, 2.45) is 0 Å². The van der Waals surface area contributed by atoms with Crippen LogP contribution in [0.2, 0.25) is 5.02 Å². The van der Waals surface area contributed by atoms with E-state index in [4.69, 9.17) is 11.6 Å². The number of fused-ring (bicyclic) bond motifs is 3. The van der Waals surface area contributed by atoms with E-state index in [1.165, 1.54) is 5.39 Å². The Morgan fingerprint density at radius 1 is 1.00 bits per heavy atom. The number of H-pyrrole nitrogens is 1. The number of anilines is 1. The number of rotatable bonds is 6.